The minimum absolute atomic E-state index is 0.0265. The summed E-state index contributed by atoms with van der Waals surface area (Å²) in [5, 5.41) is 8.21. The molecular formula is C9H18O4S. The largest absolute Gasteiger partial charge is 0.481 e. The fourth-order valence-electron chi connectivity index (χ4n) is 0.988. The van der Waals surface area contributed by atoms with Crippen LogP contribution in [0, 0.1) is 0 Å². The minimum atomic E-state index is -1.05. The van der Waals surface area contributed by atoms with Crippen molar-refractivity contribution in [3.63, 3.8) is 0 Å². The van der Waals surface area contributed by atoms with Gasteiger partial charge < -0.3 is 9.84 Å². The number of carbonyl (C=O) groups is 1. The van der Waals surface area contributed by atoms with Crippen LogP contribution in [-0.2, 0) is 20.3 Å². The maximum absolute atomic E-state index is 11.4. The highest BCUT2D eigenvalue weighted by molar-refractivity contribution is 7.85. The van der Waals surface area contributed by atoms with E-state index < -0.39 is 16.8 Å². The molecule has 4 nitrogen and oxygen atoms in total. The van der Waals surface area contributed by atoms with Crippen LogP contribution in [0.15, 0.2) is 0 Å². The molecule has 0 bridgehead atoms. The van der Waals surface area contributed by atoms with E-state index in [0.717, 1.165) is 6.42 Å². The Hall–Kier alpha value is -0.420. The van der Waals surface area contributed by atoms with E-state index in [0.29, 0.717) is 19.0 Å². The molecule has 0 rings (SSSR count). The Kier molecular flexibility index (Phi) is 7.70. The summed E-state index contributed by atoms with van der Waals surface area (Å²) in [5.41, 5.74) is 0. The van der Waals surface area contributed by atoms with Crippen LogP contribution in [0.3, 0.4) is 0 Å². The van der Waals surface area contributed by atoms with Crippen molar-refractivity contribution in [3.8, 4) is 0 Å². The predicted molar refractivity (Wildman–Crippen MR) is 55.8 cm³/mol. The maximum atomic E-state index is 11.4. The molecule has 0 saturated carbocycles. The van der Waals surface area contributed by atoms with Gasteiger partial charge in [0.1, 0.15) is 0 Å². The third-order valence-electron chi connectivity index (χ3n) is 1.75. The van der Waals surface area contributed by atoms with Crippen LogP contribution in [0.2, 0.25) is 0 Å². The fourth-order valence-corrected chi connectivity index (χ4v) is 2.12. The van der Waals surface area contributed by atoms with E-state index in [1.54, 1.807) is 6.92 Å². The summed E-state index contributed by atoms with van der Waals surface area (Å²) in [6.07, 6.45) is 0.700. The van der Waals surface area contributed by atoms with Crippen LogP contribution < -0.4 is 0 Å². The highest BCUT2D eigenvalue weighted by Crippen LogP contribution is 2.03. The molecule has 0 fully saturated rings. The van der Waals surface area contributed by atoms with Gasteiger partial charge in [0.25, 0.3) is 0 Å². The van der Waals surface area contributed by atoms with E-state index in [4.69, 9.17) is 9.84 Å². The first-order chi connectivity index (χ1) is 6.57. The SMILES string of the molecule is CCOCCCS(=O)C(C)CC(=O)O. The van der Waals surface area contributed by atoms with Gasteiger partial charge in [0.2, 0.25) is 0 Å². The number of carboxylic acid groups (broad SMARTS) is 1. The molecule has 0 aliphatic carbocycles. The first kappa shape index (κ1) is 13.6. The number of ether oxygens (including phenoxy) is 1. The quantitative estimate of drug-likeness (QED) is 0.623. The van der Waals surface area contributed by atoms with Gasteiger partial charge >= 0.3 is 5.97 Å². The topological polar surface area (TPSA) is 63.6 Å². The van der Waals surface area contributed by atoms with Crippen LogP contribution in [-0.4, -0.2) is 39.5 Å². The second-order valence-corrected chi connectivity index (χ2v) is 5.02. The van der Waals surface area contributed by atoms with Crippen molar-refractivity contribution in [2.45, 2.75) is 31.9 Å². The Labute approximate surface area is 87.1 Å². The highest BCUT2D eigenvalue weighted by Gasteiger charge is 2.14. The summed E-state index contributed by atoms with van der Waals surface area (Å²) in [4.78, 5) is 10.3. The van der Waals surface area contributed by atoms with Crippen molar-refractivity contribution in [2.75, 3.05) is 19.0 Å². The number of hydrogen-bond acceptors (Lipinski definition) is 3. The molecule has 0 aromatic carbocycles. The van der Waals surface area contributed by atoms with Crippen LogP contribution in [0.4, 0.5) is 0 Å². The zero-order chi connectivity index (χ0) is 11.0. The maximum Gasteiger partial charge on any atom is 0.304 e. The predicted octanol–water partition coefficient (Wildman–Crippen LogP) is 1.02. The molecule has 0 aromatic heterocycles. The van der Waals surface area contributed by atoms with Gasteiger partial charge in [-0.15, -0.1) is 0 Å². The first-order valence-corrected chi connectivity index (χ1v) is 6.12. The Morgan fingerprint density at radius 3 is 2.71 bits per heavy atom. The van der Waals surface area contributed by atoms with Gasteiger partial charge in [-0.05, 0) is 13.3 Å². The molecule has 0 spiro atoms. The summed E-state index contributed by atoms with van der Waals surface area (Å²) in [6, 6.07) is 0. The van der Waals surface area contributed by atoms with Gasteiger partial charge in [-0.3, -0.25) is 9.00 Å². The van der Waals surface area contributed by atoms with E-state index in [-0.39, 0.29) is 11.7 Å². The van der Waals surface area contributed by atoms with Gasteiger partial charge in [-0.25, -0.2) is 0 Å². The van der Waals surface area contributed by atoms with Crippen LogP contribution in [0.5, 0.6) is 0 Å². The molecule has 0 radical (unpaired) electrons. The van der Waals surface area contributed by atoms with Crippen molar-refractivity contribution in [1.82, 2.24) is 0 Å². The normalized spacial score (nSPS) is 15.0. The van der Waals surface area contributed by atoms with Gasteiger partial charge in [0.05, 0.1) is 6.42 Å². The second-order valence-electron chi connectivity index (χ2n) is 3.04. The van der Waals surface area contributed by atoms with Crippen molar-refractivity contribution in [1.29, 1.82) is 0 Å². The fraction of sp³-hybridized carbons (Fsp3) is 0.889. The molecular weight excluding hydrogens is 204 g/mol. The monoisotopic (exact) mass is 222 g/mol. The van der Waals surface area contributed by atoms with Gasteiger partial charge in [0, 0.05) is 35.0 Å². The Morgan fingerprint density at radius 1 is 1.57 bits per heavy atom. The van der Waals surface area contributed by atoms with Crippen molar-refractivity contribution in [2.24, 2.45) is 0 Å². The van der Waals surface area contributed by atoms with E-state index in [2.05, 4.69) is 0 Å². The van der Waals surface area contributed by atoms with E-state index in [1.165, 1.54) is 0 Å². The standard InChI is InChI=1S/C9H18O4S/c1-3-13-5-4-6-14(12)8(2)7-9(10)11/h8H,3-7H2,1-2H3,(H,10,11). The van der Waals surface area contributed by atoms with Crippen LogP contribution >= 0.6 is 0 Å². The summed E-state index contributed by atoms with van der Waals surface area (Å²) < 4.78 is 16.5. The Morgan fingerprint density at radius 2 is 2.21 bits per heavy atom. The number of rotatable bonds is 8. The number of aliphatic carboxylic acids is 1. The lowest BCUT2D eigenvalue weighted by molar-refractivity contribution is -0.136. The zero-order valence-electron chi connectivity index (χ0n) is 8.69. The van der Waals surface area contributed by atoms with E-state index in [9.17, 15) is 9.00 Å². The number of hydrogen-bond donors (Lipinski definition) is 1. The van der Waals surface area contributed by atoms with E-state index in [1.807, 2.05) is 6.92 Å². The highest BCUT2D eigenvalue weighted by atomic mass is 32.2. The average Bonchev–Trinajstić information content (AvgIpc) is 2.11. The molecule has 84 valence electrons. The van der Waals surface area contributed by atoms with Crippen molar-refractivity contribution >= 4 is 16.8 Å². The zero-order valence-corrected chi connectivity index (χ0v) is 9.51. The summed E-state index contributed by atoms with van der Waals surface area (Å²) in [7, 11) is -1.05. The second kappa shape index (κ2) is 7.94. The molecule has 0 amide bonds. The summed E-state index contributed by atoms with van der Waals surface area (Å²) in [5.74, 6) is -0.371. The molecule has 0 heterocycles. The minimum Gasteiger partial charge on any atom is -0.481 e. The lowest BCUT2D eigenvalue weighted by Crippen LogP contribution is -2.18. The molecule has 5 heteroatoms. The third-order valence-corrected chi connectivity index (χ3v) is 3.50. The third kappa shape index (κ3) is 7.03. The van der Waals surface area contributed by atoms with Gasteiger partial charge in [-0.1, -0.05) is 6.92 Å². The van der Waals surface area contributed by atoms with Gasteiger partial charge in [-0.2, -0.15) is 0 Å². The number of carboxylic acids is 1. The molecule has 1 N–H and O–H groups in total. The Balaban J connectivity index is 3.57. The molecule has 14 heavy (non-hydrogen) atoms. The van der Waals surface area contributed by atoms with Crippen LogP contribution in [0.1, 0.15) is 26.7 Å². The summed E-state index contributed by atoms with van der Waals surface area (Å²) in [6.45, 7) is 4.87. The molecule has 0 aromatic rings. The Bertz CT molecular complexity index is 193. The molecule has 2 unspecified atom stereocenters. The van der Waals surface area contributed by atoms with Gasteiger partial charge in [0.15, 0.2) is 0 Å². The van der Waals surface area contributed by atoms with E-state index >= 15 is 0 Å². The lowest BCUT2D eigenvalue weighted by atomic mass is 10.3. The van der Waals surface area contributed by atoms with Crippen molar-refractivity contribution < 1.29 is 18.8 Å². The molecule has 0 aliphatic rings. The molecule has 0 saturated heterocycles. The molecule has 0 aliphatic heterocycles. The van der Waals surface area contributed by atoms with Crippen molar-refractivity contribution in [3.05, 3.63) is 0 Å². The summed E-state index contributed by atoms with van der Waals surface area (Å²) >= 11 is 0. The van der Waals surface area contributed by atoms with Crippen LogP contribution in [0.25, 0.3) is 0 Å². The molecule has 2 atom stereocenters. The first-order valence-electron chi connectivity index (χ1n) is 4.74. The lowest BCUT2D eigenvalue weighted by Gasteiger charge is -2.08. The average molecular weight is 222 g/mol. The smallest absolute Gasteiger partial charge is 0.304 e.